The van der Waals surface area contributed by atoms with Gasteiger partial charge in [0.1, 0.15) is 0 Å². The number of rotatable bonds is 2. The van der Waals surface area contributed by atoms with Crippen LogP contribution in [0.15, 0.2) is 42.6 Å². The number of benzene rings is 1. The third-order valence-electron chi connectivity index (χ3n) is 2.42. The maximum Gasteiger partial charge on any atom is 0.194 e. The summed E-state index contributed by atoms with van der Waals surface area (Å²) in [5.74, 6) is -0.0226. The molecule has 0 atom stereocenters. The molecule has 0 fully saturated rings. The summed E-state index contributed by atoms with van der Waals surface area (Å²) >= 11 is 0. The van der Waals surface area contributed by atoms with Crippen LogP contribution in [-0.2, 0) is 0 Å². The number of anilines is 1. The SMILES string of the molecule is Cc1ncccc1C(=O)c1ccc(N)cc1. The summed E-state index contributed by atoms with van der Waals surface area (Å²) in [5.41, 5.74) is 8.23. The molecule has 2 rings (SSSR count). The lowest BCUT2D eigenvalue weighted by Gasteiger charge is -2.03. The first-order chi connectivity index (χ1) is 7.68. The Balaban J connectivity index is 2.40. The van der Waals surface area contributed by atoms with Gasteiger partial charge in [-0.1, -0.05) is 0 Å². The van der Waals surface area contributed by atoms with Gasteiger partial charge in [0, 0.05) is 28.7 Å². The monoisotopic (exact) mass is 212 g/mol. The van der Waals surface area contributed by atoms with Gasteiger partial charge in [-0.05, 0) is 43.3 Å². The molecule has 1 aromatic heterocycles. The number of aryl methyl sites for hydroxylation is 1. The van der Waals surface area contributed by atoms with Crippen molar-refractivity contribution in [3.8, 4) is 0 Å². The number of carbonyl (C=O) groups is 1. The minimum absolute atomic E-state index is 0.0226. The van der Waals surface area contributed by atoms with E-state index in [0.717, 1.165) is 5.69 Å². The predicted molar refractivity (Wildman–Crippen MR) is 63.3 cm³/mol. The molecule has 0 aliphatic carbocycles. The Bertz CT molecular complexity index is 518. The largest absolute Gasteiger partial charge is 0.399 e. The number of hydrogen-bond acceptors (Lipinski definition) is 3. The van der Waals surface area contributed by atoms with E-state index in [1.54, 1.807) is 42.6 Å². The summed E-state index contributed by atoms with van der Waals surface area (Å²) in [6, 6.07) is 10.4. The normalized spacial score (nSPS) is 10.1. The van der Waals surface area contributed by atoms with Gasteiger partial charge in [0.15, 0.2) is 5.78 Å². The number of nitrogens with two attached hydrogens (primary N) is 1. The Labute approximate surface area is 93.9 Å². The fourth-order valence-electron chi connectivity index (χ4n) is 1.51. The molecule has 0 unspecified atom stereocenters. The zero-order valence-corrected chi connectivity index (χ0v) is 8.97. The summed E-state index contributed by atoms with van der Waals surface area (Å²) < 4.78 is 0. The van der Waals surface area contributed by atoms with Crippen LogP contribution in [-0.4, -0.2) is 10.8 Å². The van der Waals surface area contributed by atoms with Crippen LogP contribution in [0.3, 0.4) is 0 Å². The minimum Gasteiger partial charge on any atom is -0.399 e. The Hall–Kier alpha value is -2.16. The van der Waals surface area contributed by atoms with Crippen molar-refractivity contribution in [1.29, 1.82) is 0 Å². The second-order valence-electron chi connectivity index (χ2n) is 3.59. The molecular formula is C13H12N2O. The van der Waals surface area contributed by atoms with Crippen LogP contribution in [0.2, 0.25) is 0 Å². The van der Waals surface area contributed by atoms with E-state index in [-0.39, 0.29) is 5.78 Å². The number of pyridine rings is 1. The highest BCUT2D eigenvalue weighted by atomic mass is 16.1. The van der Waals surface area contributed by atoms with Crippen LogP contribution < -0.4 is 5.73 Å². The summed E-state index contributed by atoms with van der Waals surface area (Å²) in [4.78, 5) is 16.2. The van der Waals surface area contributed by atoms with E-state index in [2.05, 4.69) is 4.98 Å². The summed E-state index contributed by atoms with van der Waals surface area (Å²) in [6.45, 7) is 1.82. The molecule has 2 N–H and O–H groups in total. The van der Waals surface area contributed by atoms with E-state index >= 15 is 0 Å². The molecule has 0 saturated heterocycles. The van der Waals surface area contributed by atoms with Gasteiger partial charge in [0.2, 0.25) is 0 Å². The van der Waals surface area contributed by atoms with E-state index in [9.17, 15) is 4.79 Å². The fourth-order valence-corrected chi connectivity index (χ4v) is 1.51. The quantitative estimate of drug-likeness (QED) is 0.613. The van der Waals surface area contributed by atoms with Crippen LogP contribution >= 0.6 is 0 Å². The van der Waals surface area contributed by atoms with Gasteiger partial charge in [-0.2, -0.15) is 0 Å². The molecule has 80 valence electrons. The van der Waals surface area contributed by atoms with Crippen molar-refractivity contribution < 1.29 is 4.79 Å². The molecule has 1 heterocycles. The molecule has 3 nitrogen and oxygen atoms in total. The van der Waals surface area contributed by atoms with Crippen molar-refractivity contribution in [2.45, 2.75) is 6.92 Å². The van der Waals surface area contributed by atoms with Gasteiger partial charge in [0.05, 0.1) is 0 Å². The van der Waals surface area contributed by atoms with E-state index in [1.165, 1.54) is 0 Å². The van der Waals surface area contributed by atoms with Gasteiger partial charge >= 0.3 is 0 Å². The number of nitrogen functional groups attached to an aromatic ring is 1. The maximum atomic E-state index is 12.1. The molecule has 0 radical (unpaired) electrons. The molecule has 0 amide bonds. The predicted octanol–water partition coefficient (Wildman–Crippen LogP) is 2.20. The molecule has 0 aliphatic heterocycles. The zero-order valence-electron chi connectivity index (χ0n) is 8.97. The third kappa shape index (κ3) is 1.93. The van der Waals surface area contributed by atoms with Crippen LogP contribution in [0, 0.1) is 6.92 Å². The molecule has 2 aromatic rings. The second kappa shape index (κ2) is 4.14. The highest BCUT2D eigenvalue weighted by Crippen LogP contribution is 2.13. The van der Waals surface area contributed by atoms with Gasteiger partial charge in [-0.15, -0.1) is 0 Å². The number of ketones is 1. The average Bonchev–Trinajstić information content (AvgIpc) is 2.30. The first kappa shape index (κ1) is 10.4. The Morgan fingerprint density at radius 3 is 2.50 bits per heavy atom. The molecular weight excluding hydrogens is 200 g/mol. The minimum atomic E-state index is -0.0226. The van der Waals surface area contributed by atoms with Crippen molar-refractivity contribution in [2.24, 2.45) is 0 Å². The lowest BCUT2D eigenvalue weighted by molar-refractivity contribution is 0.103. The van der Waals surface area contributed by atoms with E-state index in [1.807, 2.05) is 6.92 Å². The first-order valence-corrected chi connectivity index (χ1v) is 5.00. The zero-order chi connectivity index (χ0) is 11.5. The fraction of sp³-hybridized carbons (Fsp3) is 0.0769. The van der Waals surface area contributed by atoms with E-state index in [4.69, 9.17) is 5.73 Å². The summed E-state index contributed by atoms with van der Waals surface area (Å²) in [6.07, 6.45) is 1.68. The molecule has 16 heavy (non-hydrogen) atoms. The molecule has 0 spiro atoms. The maximum absolute atomic E-state index is 12.1. The Morgan fingerprint density at radius 1 is 1.19 bits per heavy atom. The van der Waals surface area contributed by atoms with Gasteiger partial charge in [-0.25, -0.2) is 0 Å². The van der Waals surface area contributed by atoms with Gasteiger partial charge in [-0.3, -0.25) is 9.78 Å². The molecule has 1 aromatic carbocycles. The Morgan fingerprint density at radius 2 is 1.88 bits per heavy atom. The van der Waals surface area contributed by atoms with Crippen LogP contribution in [0.5, 0.6) is 0 Å². The number of carbonyl (C=O) groups excluding carboxylic acids is 1. The topological polar surface area (TPSA) is 56.0 Å². The third-order valence-corrected chi connectivity index (χ3v) is 2.42. The van der Waals surface area contributed by atoms with Crippen LogP contribution in [0.1, 0.15) is 21.6 Å². The molecule has 0 saturated carbocycles. The second-order valence-corrected chi connectivity index (χ2v) is 3.59. The summed E-state index contributed by atoms with van der Waals surface area (Å²) in [7, 11) is 0. The molecule has 0 aliphatic rings. The van der Waals surface area contributed by atoms with Crippen molar-refractivity contribution in [1.82, 2.24) is 4.98 Å². The van der Waals surface area contributed by atoms with Crippen molar-refractivity contribution in [2.75, 3.05) is 5.73 Å². The highest BCUT2D eigenvalue weighted by Gasteiger charge is 2.11. The van der Waals surface area contributed by atoms with Crippen molar-refractivity contribution >= 4 is 11.5 Å². The lowest BCUT2D eigenvalue weighted by Crippen LogP contribution is -2.04. The van der Waals surface area contributed by atoms with Gasteiger partial charge in [0.25, 0.3) is 0 Å². The van der Waals surface area contributed by atoms with Crippen LogP contribution in [0.4, 0.5) is 5.69 Å². The number of aromatic nitrogens is 1. The number of hydrogen-bond donors (Lipinski definition) is 1. The Kier molecular flexibility index (Phi) is 2.68. The van der Waals surface area contributed by atoms with Crippen molar-refractivity contribution in [3.05, 3.63) is 59.4 Å². The van der Waals surface area contributed by atoms with E-state index < -0.39 is 0 Å². The smallest absolute Gasteiger partial charge is 0.194 e. The standard InChI is InChI=1S/C13H12N2O/c1-9-12(3-2-8-15-9)13(16)10-4-6-11(14)7-5-10/h2-8H,14H2,1H3. The molecule has 0 bridgehead atoms. The first-order valence-electron chi connectivity index (χ1n) is 5.00. The van der Waals surface area contributed by atoms with Crippen molar-refractivity contribution in [3.63, 3.8) is 0 Å². The highest BCUT2D eigenvalue weighted by molar-refractivity contribution is 6.09. The van der Waals surface area contributed by atoms with E-state index in [0.29, 0.717) is 16.8 Å². The number of nitrogens with zero attached hydrogens (tertiary/aromatic N) is 1. The molecule has 3 heteroatoms. The lowest BCUT2D eigenvalue weighted by atomic mass is 10.0. The average molecular weight is 212 g/mol. The van der Waals surface area contributed by atoms with Crippen LogP contribution in [0.25, 0.3) is 0 Å². The van der Waals surface area contributed by atoms with Gasteiger partial charge < -0.3 is 5.73 Å². The summed E-state index contributed by atoms with van der Waals surface area (Å²) in [5, 5.41) is 0.